The molecule has 120 valence electrons. The zero-order chi connectivity index (χ0) is 15.6. The van der Waals surface area contributed by atoms with Gasteiger partial charge in [-0.05, 0) is 30.9 Å². The lowest BCUT2D eigenvalue weighted by Gasteiger charge is -2.25. The molecule has 0 saturated carbocycles. The Morgan fingerprint density at radius 2 is 2.26 bits per heavy atom. The van der Waals surface area contributed by atoms with Crippen LogP contribution < -0.4 is 10.1 Å². The van der Waals surface area contributed by atoms with Crippen molar-refractivity contribution >= 4 is 17.2 Å². The normalized spacial score (nSPS) is 23.1. The summed E-state index contributed by atoms with van der Waals surface area (Å²) in [4.78, 5) is 16.8. The standard InChI is InChI=1S/C17H18N2O3S/c20-16(13-10-23-17(19-13)15-6-3-7-21-15)18-12-8-11-4-1-2-5-14(11)22-9-12/h1-2,4-5,10,12,15H,3,6-9H2,(H,18,20)/t12-,15+/m1/s1. The summed E-state index contributed by atoms with van der Waals surface area (Å²) in [6.45, 7) is 1.27. The molecule has 1 N–H and O–H groups in total. The van der Waals surface area contributed by atoms with E-state index in [2.05, 4.69) is 10.3 Å². The number of aromatic nitrogens is 1. The first-order valence-electron chi connectivity index (χ1n) is 7.88. The molecule has 1 aromatic heterocycles. The van der Waals surface area contributed by atoms with Crippen molar-refractivity contribution < 1.29 is 14.3 Å². The van der Waals surface area contributed by atoms with Crippen LogP contribution in [0.3, 0.4) is 0 Å². The number of rotatable bonds is 3. The molecule has 0 radical (unpaired) electrons. The fourth-order valence-electron chi connectivity index (χ4n) is 2.99. The Kier molecular flexibility index (Phi) is 4.01. The van der Waals surface area contributed by atoms with Crippen LogP contribution in [0.5, 0.6) is 5.75 Å². The van der Waals surface area contributed by atoms with E-state index < -0.39 is 0 Å². The van der Waals surface area contributed by atoms with Crippen LogP contribution in [0.15, 0.2) is 29.6 Å². The van der Waals surface area contributed by atoms with Gasteiger partial charge in [0.05, 0.1) is 6.04 Å². The van der Waals surface area contributed by atoms with Gasteiger partial charge in [-0.1, -0.05) is 18.2 Å². The molecule has 1 aromatic carbocycles. The van der Waals surface area contributed by atoms with Crippen molar-refractivity contribution in [3.63, 3.8) is 0 Å². The van der Waals surface area contributed by atoms with Gasteiger partial charge in [0.2, 0.25) is 0 Å². The van der Waals surface area contributed by atoms with E-state index in [4.69, 9.17) is 9.47 Å². The van der Waals surface area contributed by atoms with Crippen molar-refractivity contribution in [3.8, 4) is 5.75 Å². The van der Waals surface area contributed by atoms with Crippen LogP contribution in [0, 0.1) is 0 Å². The lowest BCUT2D eigenvalue weighted by atomic mass is 10.0. The molecule has 2 aliphatic rings. The summed E-state index contributed by atoms with van der Waals surface area (Å²) in [6, 6.07) is 7.92. The van der Waals surface area contributed by atoms with Crippen LogP contribution in [0.1, 0.15) is 40.0 Å². The maximum Gasteiger partial charge on any atom is 0.271 e. The molecule has 0 bridgehead atoms. The molecule has 2 atom stereocenters. The molecule has 6 heteroatoms. The molecule has 0 spiro atoms. The van der Waals surface area contributed by atoms with Crippen molar-refractivity contribution in [1.82, 2.24) is 10.3 Å². The second kappa shape index (κ2) is 6.29. The van der Waals surface area contributed by atoms with Gasteiger partial charge in [0.25, 0.3) is 5.91 Å². The average Bonchev–Trinajstić information content (AvgIpc) is 3.26. The van der Waals surface area contributed by atoms with Gasteiger partial charge in [-0.15, -0.1) is 11.3 Å². The third kappa shape index (κ3) is 3.09. The highest BCUT2D eigenvalue weighted by atomic mass is 32.1. The minimum Gasteiger partial charge on any atom is -0.491 e. The van der Waals surface area contributed by atoms with Gasteiger partial charge in [-0.3, -0.25) is 4.79 Å². The molecular weight excluding hydrogens is 312 g/mol. The van der Waals surface area contributed by atoms with E-state index in [1.54, 1.807) is 0 Å². The van der Waals surface area contributed by atoms with Gasteiger partial charge in [-0.25, -0.2) is 4.98 Å². The lowest BCUT2D eigenvalue weighted by molar-refractivity contribution is 0.0908. The number of benzene rings is 1. The molecule has 0 aliphatic carbocycles. The third-order valence-corrected chi connectivity index (χ3v) is 5.11. The monoisotopic (exact) mass is 330 g/mol. The Morgan fingerprint density at radius 3 is 3.13 bits per heavy atom. The van der Waals surface area contributed by atoms with E-state index in [0.717, 1.165) is 42.2 Å². The highest BCUT2D eigenvalue weighted by molar-refractivity contribution is 7.09. The molecule has 2 aliphatic heterocycles. The highest BCUT2D eigenvalue weighted by Gasteiger charge is 2.25. The van der Waals surface area contributed by atoms with Gasteiger partial charge in [0.15, 0.2) is 0 Å². The number of ether oxygens (including phenoxy) is 2. The molecule has 1 fully saturated rings. The fourth-order valence-corrected chi connectivity index (χ4v) is 3.87. The zero-order valence-electron chi connectivity index (χ0n) is 12.7. The third-order valence-electron chi connectivity index (χ3n) is 4.17. The van der Waals surface area contributed by atoms with Crippen molar-refractivity contribution in [2.75, 3.05) is 13.2 Å². The summed E-state index contributed by atoms with van der Waals surface area (Å²) < 4.78 is 11.3. The van der Waals surface area contributed by atoms with E-state index in [1.165, 1.54) is 11.3 Å². The van der Waals surface area contributed by atoms with Crippen molar-refractivity contribution in [2.24, 2.45) is 0 Å². The SMILES string of the molecule is O=C(N[C@H]1COc2ccccc2C1)c1csc([C@@H]2CCCO2)n1. The number of nitrogens with zero attached hydrogens (tertiary/aromatic N) is 1. The number of para-hydroxylation sites is 1. The van der Waals surface area contributed by atoms with Gasteiger partial charge in [0, 0.05) is 12.0 Å². The predicted molar refractivity (Wildman–Crippen MR) is 86.9 cm³/mol. The first kappa shape index (κ1) is 14.7. The van der Waals surface area contributed by atoms with E-state index in [-0.39, 0.29) is 18.1 Å². The lowest BCUT2D eigenvalue weighted by Crippen LogP contribution is -2.42. The smallest absolute Gasteiger partial charge is 0.271 e. The summed E-state index contributed by atoms with van der Waals surface area (Å²) in [7, 11) is 0. The van der Waals surface area contributed by atoms with Crippen LogP contribution in [0.25, 0.3) is 0 Å². The number of carbonyl (C=O) groups excluding carboxylic acids is 1. The molecule has 2 aromatic rings. The Labute approximate surface area is 138 Å². The maximum absolute atomic E-state index is 12.4. The van der Waals surface area contributed by atoms with E-state index in [0.29, 0.717) is 12.3 Å². The Morgan fingerprint density at radius 1 is 1.35 bits per heavy atom. The second-order valence-electron chi connectivity index (χ2n) is 5.87. The number of nitrogens with one attached hydrogen (secondary N) is 1. The predicted octanol–water partition coefficient (Wildman–Crippen LogP) is 2.73. The summed E-state index contributed by atoms with van der Waals surface area (Å²) in [5.74, 6) is 0.769. The quantitative estimate of drug-likeness (QED) is 0.940. The van der Waals surface area contributed by atoms with Crippen LogP contribution in [-0.2, 0) is 11.2 Å². The topological polar surface area (TPSA) is 60.5 Å². The number of hydrogen-bond acceptors (Lipinski definition) is 5. The minimum absolute atomic E-state index is 0.0229. The summed E-state index contributed by atoms with van der Waals surface area (Å²) >= 11 is 1.50. The van der Waals surface area contributed by atoms with Crippen molar-refractivity contribution in [2.45, 2.75) is 31.4 Å². The van der Waals surface area contributed by atoms with Gasteiger partial charge in [-0.2, -0.15) is 0 Å². The van der Waals surface area contributed by atoms with Gasteiger partial charge < -0.3 is 14.8 Å². The number of fused-ring (bicyclic) bond motifs is 1. The zero-order valence-corrected chi connectivity index (χ0v) is 13.5. The largest absolute Gasteiger partial charge is 0.491 e. The molecule has 4 rings (SSSR count). The van der Waals surface area contributed by atoms with E-state index in [9.17, 15) is 4.79 Å². The van der Waals surface area contributed by atoms with Gasteiger partial charge >= 0.3 is 0 Å². The fraction of sp³-hybridized carbons (Fsp3) is 0.412. The number of hydrogen-bond donors (Lipinski definition) is 1. The number of thiazole rings is 1. The number of carbonyl (C=O) groups is 1. The molecular formula is C17H18N2O3S. The molecule has 5 nitrogen and oxygen atoms in total. The Balaban J connectivity index is 1.40. The van der Waals surface area contributed by atoms with Crippen LogP contribution >= 0.6 is 11.3 Å². The van der Waals surface area contributed by atoms with Crippen LogP contribution in [-0.4, -0.2) is 30.1 Å². The second-order valence-corrected chi connectivity index (χ2v) is 6.76. The molecule has 1 amide bonds. The number of amides is 1. The molecule has 23 heavy (non-hydrogen) atoms. The molecule has 3 heterocycles. The first-order chi connectivity index (χ1) is 11.3. The summed E-state index contributed by atoms with van der Waals surface area (Å²) in [5.41, 5.74) is 1.60. The van der Waals surface area contributed by atoms with Crippen LogP contribution in [0.2, 0.25) is 0 Å². The van der Waals surface area contributed by atoms with Crippen molar-refractivity contribution in [1.29, 1.82) is 0 Å². The van der Waals surface area contributed by atoms with Gasteiger partial charge in [0.1, 0.15) is 29.2 Å². The van der Waals surface area contributed by atoms with E-state index >= 15 is 0 Å². The van der Waals surface area contributed by atoms with Crippen molar-refractivity contribution in [3.05, 3.63) is 45.9 Å². The molecule has 0 unspecified atom stereocenters. The Bertz CT molecular complexity index is 709. The average molecular weight is 330 g/mol. The first-order valence-corrected chi connectivity index (χ1v) is 8.76. The van der Waals surface area contributed by atoms with Crippen LogP contribution in [0.4, 0.5) is 0 Å². The summed E-state index contributed by atoms with van der Waals surface area (Å²) in [5, 5.41) is 5.73. The summed E-state index contributed by atoms with van der Waals surface area (Å²) in [6.07, 6.45) is 2.89. The Hall–Kier alpha value is -1.92. The highest BCUT2D eigenvalue weighted by Crippen LogP contribution is 2.30. The molecule has 1 saturated heterocycles. The minimum atomic E-state index is -0.140. The maximum atomic E-state index is 12.4. The van der Waals surface area contributed by atoms with E-state index in [1.807, 2.05) is 29.6 Å².